The fourth-order valence-corrected chi connectivity index (χ4v) is 3.14. The second-order valence-corrected chi connectivity index (χ2v) is 5.76. The molecule has 0 aromatic heterocycles. The topological polar surface area (TPSA) is 37.3 Å². The van der Waals surface area contributed by atoms with Crippen LogP contribution in [0.1, 0.15) is 15.9 Å². The van der Waals surface area contributed by atoms with E-state index >= 15 is 0 Å². The molecule has 0 atom stereocenters. The zero-order valence-corrected chi connectivity index (χ0v) is 9.19. The molecule has 0 bridgehead atoms. The summed E-state index contributed by atoms with van der Waals surface area (Å²) in [5.41, 5.74) is 1.38. The van der Waals surface area contributed by atoms with Crippen molar-refractivity contribution in [3.8, 4) is 0 Å². The van der Waals surface area contributed by atoms with Crippen LogP contribution < -0.4 is 0 Å². The van der Waals surface area contributed by atoms with Crippen molar-refractivity contribution in [3.05, 3.63) is 41.5 Å². The third kappa shape index (κ3) is 1.60. The Morgan fingerprint density at radius 3 is 2.62 bits per heavy atom. The van der Waals surface area contributed by atoms with Gasteiger partial charge in [0, 0.05) is 0 Å². The number of hydrogen-bond acceptors (Lipinski definition) is 1. The first-order valence-electron chi connectivity index (χ1n) is 3.94. The number of alkyl halides is 1. The van der Waals surface area contributed by atoms with Gasteiger partial charge in [0.05, 0.1) is 0 Å². The summed E-state index contributed by atoms with van der Waals surface area (Å²) in [6, 6.07) is 7.24. The van der Waals surface area contributed by atoms with Crippen molar-refractivity contribution in [1.82, 2.24) is 0 Å². The zero-order chi connectivity index (χ0) is 9.26. The number of carboxylic acids is 1. The van der Waals surface area contributed by atoms with Gasteiger partial charge in [-0.25, -0.2) is 0 Å². The van der Waals surface area contributed by atoms with Crippen LogP contribution >= 0.6 is 21.2 Å². The van der Waals surface area contributed by atoms with Crippen LogP contribution in [-0.4, -0.2) is 15.5 Å². The summed E-state index contributed by atoms with van der Waals surface area (Å²) in [4.78, 5) is 10.9. The molecule has 2 rings (SSSR count). The molecule has 68 valence electrons. The fraction of sp³-hybridized carbons (Fsp3) is 0.100. The molecule has 0 spiro atoms. The van der Waals surface area contributed by atoms with E-state index in [1.165, 1.54) is 8.01 Å². The molecule has 0 saturated carbocycles. The maximum absolute atomic E-state index is 10.9. The Morgan fingerprint density at radius 1 is 1.38 bits per heavy atom. The van der Waals surface area contributed by atoms with Crippen LogP contribution in [-0.2, 0) is 0 Å². The van der Waals surface area contributed by atoms with Crippen molar-refractivity contribution < 1.29 is 9.90 Å². The Morgan fingerprint density at radius 2 is 2.08 bits per heavy atom. The zero-order valence-electron chi connectivity index (χ0n) is 6.86. The van der Waals surface area contributed by atoms with Gasteiger partial charge >= 0.3 is 86.6 Å². The third-order valence-corrected chi connectivity index (χ3v) is 4.87. The van der Waals surface area contributed by atoms with Gasteiger partial charge in [0.1, 0.15) is 0 Å². The molecule has 1 heterocycles. The average Bonchev–Trinajstić information content (AvgIpc) is 2.02. The summed E-state index contributed by atoms with van der Waals surface area (Å²) >= 11 is -0.0620. The number of aromatic carboxylic acids is 1. The number of benzene rings is 1. The minimum absolute atomic E-state index is 0.0620. The summed E-state index contributed by atoms with van der Waals surface area (Å²) in [6.45, 7) is 0. The third-order valence-electron chi connectivity index (χ3n) is 1.93. The molecular formula is C10H9IO2. The van der Waals surface area contributed by atoms with E-state index in [1.54, 1.807) is 12.1 Å². The molecule has 1 aromatic carbocycles. The molecular weight excluding hydrogens is 279 g/mol. The summed E-state index contributed by atoms with van der Waals surface area (Å²) in [6.07, 6.45) is 2.14. The number of carbonyl (C=O) groups is 1. The second kappa shape index (κ2) is 3.49. The molecule has 0 fully saturated rings. The molecule has 0 saturated heterocycles. The maximum atomic E-state index is 10.9. The standard InChI is InChI=1S/C10H9IO2/c12-10(13)8-4-2-1-3-7(8)9-5-6-11-9/h1-5,11H,6H2,(H,12,13). The van der Waals surface area contributed by atoms with E-state index < -0.39 is 5.97 Å². The van der Waals surface area contributed by atoms with Crippen molar-refractivity contribution >= 4 is 30.8 Å². The SMILES string of the molecule is O=C(O)c1ccccc1C1=CC[IH]1. The summed E-state index contributed by atoms with van der Waals surface area (Å²) in [5, 5.41) is 8.92. The first kappa shape index (κ1) is 8.74. The van der Waals surface area contributed by atoms with Gasteiger partial charge in [0.2, 0.25) is 0 Å². The molecule has 0 radical (unpaired) electrons. The van der Waals surface area contributed by atoms with Crippen molar-refractivity contribution in [2.24, 2.45) is 0 Å². The molecule has 3 heteroatoms. The number of hydrogen-bond donors (Lipinski definition) is 1. The predicted octanol–water partition coefficient (Wildman–Crippen LogP) is 2.44. The van der Waals surface area contributed by atoms with Crippen LogP contribution in [0.5, 0.6) is 0 Å². The molecule has 2 nitrogen and oxygen atoms in total. The Labute approximate surface area is 86.5 Å². The Balaban J connectivity index is 2.49. The fourth-order valence-electron chi connectivity index (χ4n) is 1.24. The minimum atomic E-state index is -0.823. The Hall–Kier alpha value is -0.840. The Kier molecular flexibility index (Phi) is 2.35. The number of halogens is 1. The van der Waals surface area contributed by atoms with Crippen LogP contribution in [0.3, 0.4) is 0 Å². The van der Waals surface area contributed by atoms with Gasteiger partial charge in [0.25, 0.3) is 0 Å². The van der Waals surface area contributed by atoms with E-state index in [0.29, 0.717) is 5.56 Å². The molecule has 13 heavy (non-hydrogen) atoms. The molecule has 1 aliphatic heterocycles. The summed E-state index contributed by atoms with van der Waals surface area (Å²) < 4.78 is 2.50. The molecule has 1 N–H and O–H groups in total. The van der Waals surface area contributed by atoms with Crippen molar-refractivity contribution in [1.29, 1.82) is 0 Å². The van der Waals surface area contributed by atoms with Gasteiger partial charge in [-0.05, 0) is 0 Å². The van der Waals surface area contributed by atoms with E-state index in [9.17, 15) is 4.79 Å². The number of rotatable bonds is 2. The van der Waals surface area contributed by atoms with E-state index in [2.05, 4.69) is 6.08 Å². The quantitative estimate of drug-likeness (QED) is 0.670. The van der Waals surface area contributed by atoms with Gasteiger partial charge in [-0.15, -0.1) is 0 Å². The van der Waals surface area contributed by atoms with Crippen LogP contribution in [0, 0.1) is 0 Å². The van der Waals surface area contributed by atoms with Crippen molar-refractivity contribution in [3.63, 3.8) is 0 Å². The molecule has 0 unspecified atom stereocenters. The van der Waals surface area contributed by atoms with Crippen molar-refractivity contribution in [2.45, 2.75) is 0 Å². The second-order valence-electron chi connectivity index (χ2n) is 2.73. The molecule has 0 amide bonds. The van der Waals surface area contributed by atoms with Crippen LogP contribution in [0.2, 0.25) is 0 Å². The first-order chi connectivity index (χ1) is 6.29. The number of carboxylic acid groups (broad SMARTS) is 1. The van der Waals surface area contributed by atoms with Gasteiger partial charge < -0.3 is 0 Å². The van der Waals surface area contributed by atoms with Gasteiger partial charge in [-0.1, -0.05) is 0 Å². The molecule has 1 aliphatic rings. The van der Waals surface area contributed by atoms with Gasteiger partial charge in [-0.2, -0.15) is 0 Å². The monoisotopic (exact) mass is 288 g/mol. The van der Waals surface area contributed by atoms with Crippen molar-refractivity contribution in [2.75, 3.05) is 4.43 Å². The predicted molar refractivity (Wildman–Crippen MR) is 61.7 cm³/mol. The average molecular weight is 288 g/mol. The van der Waals surface area contributed by atoms with E-state index in [-0.39, 0.29) is 21.2 Å². The van der Waals surface area contributed by atoms with Crippen LogP contribution in [0.15, 0.2) is 30.3 Å². The molecule has 1 aromatic rings. The molecule has 0 aliphatic carbocycles. The summed E-state index contributed by atoms with van der Waals surface area (Å²) in [7, 11) is 0. The van der Waals surface area contributed by atoms with Gasteiger partial charge in [0.15, 0.2) is 0 Å². The normalized spacial score (nSPS) is 15.2. The summed E-state index contributed by atoms with van der Waals surface area (Å²) in [5.74, 6) is -0.823. The number of allylic oxidation sites excluding steroid dienone is 1. The van der Waals surface area contributed by atoms with Crippen LogP contribution in [0.25, 0.3) is 3.58 Å². The van der Waals surface area contributed by atoms with E-state index in [1.807, 2.05) is 12.1 Å². The first-order valence-corrected chi connectivity index (χ1v) is 6.76. The Bertz CT molecular complexity index is 382. The van der Waals surface area contributed by atoms with Crippen LogP contribution in [0.4, 0.5) is 0 Å². The van der Waals surface area contributed by atoms with E-state index in [0.717, 1.165) is 5.56 Å². The van der Waals surface area contributed by atoms with Gasteiger partial charge in [-0.3, -0.25) is 0 Å². The van der Waals surface area contributed by atoms with E-state index in [4.69, 9.17) is 5.11 Å².